The summed E-state index contributed by atoms with van der Waals surface area (Å²) in [6, 6.07) is 9.38. The number of hydrogen-bond donors (Lipinski definition) is 0. The van der Waals surface area contributed by atoms with Crippen LogP contribution in [0.2, 0.25) is 0 Å². The Balaban J connectivity index is 2.35. The fourth-order valence-electron chi connectivity index (χ4n) is 0.765. The van der Waals surface area contributed by atoms with Crippen molar-refractivity contribution in [2.75, 3.05) is 6.61 Å². The average molecular weight is 240 g/mol. The predicted octanol–water partition coefficient (Wildman–Crippen LogP) is 3.48. The van der Waals surface area contributed by atoms with Gasteiger partial charge in [-0.1, -0.05) is 18.2 Å². The molecule has 0 aliphatic rings. The zero-order valence-electron chi connectivity index (χ0n) is 6.79. The highest BCUT2D eigenvalue weighted by Crippen LogP contribution is 2.16. The van der Waals surface area contributed by atoms with Crippen LogP contribution >= 0.6 is 34.8 Å². The summed E-state index contributed by atoms with van der Waals surface area (Å²) in [5.74, 6) is 0.766. The molecule has 1 unspecified atom stereocenters. The Morgan fingerprint density at radius 2 is 1.69 bits per heavy atom. The van der Waals surface area contributed by atoms with Crippen LogP contribution in [0.1, 0.15) is 0 Å². The molecule has 1 rings (SSSR count). The summed E-state index contributed by atoms with van der Waals surface area (Å²) in [7, 11) is 0. The third-order valence-electron chi connectivity index (χ3n) is 1.43. The molecule has 1 atom stereocenters. The molecule has 0 N–H and O–H groups in total. The van der Waals surface area contributed by atoms with Gasteiger partial charge in [-0.15, -0.1) is 34.8 Å². The van der Waals surface area contributed by atoms with Crippen molar-refractivity contribution in [3.05, 3.63) is 30.3 Å². The number of rotatable bonds is 4. The minimum Gasteiger partial charge on any atom is -0.492 e. The van der Waals surface area contributed by atoms with Crippen LogP contribution in [0.25, 0.3) is 0 Å². The van der Waals surface area contributed by atoms with Gasteiger partial charge in [0.1, 0.15) is 17.2 Å². The lowest BCUT2D eigenvalue weighted by molar-refractivity contribution is 0.318. The fourth-order valence-corrected chi connectivity index (χ4v) is 0.974. The summed E-state index contributed by atoms with van der Waals surface area (Å²) in [6.07, 6.45) is 0. The van der Waals surface area contributed by atoms with Gasteiger partial charge in [0.05, 0.1) is 5.38 Å². The molecule has 0 amide bonds. The van der Waals surface area contributed by atoms with Crippen molar-refractivity contribution in [2.24, 2.45) is 0 Å². The molecule has 0 aromatic heterocycles. The second-order valence-corrected chi connectivity index (χ2v) is 4.20. The molecule has 0 spiro atoms. The minimum atomic E-state index is -0.606. The van der Waals surface area contributed by atoms with Gasteiger partial charge in [0.2, 0.25) is 0 Å². The molecule has 0 bridgehead atoms. The van der Waals surface area contributed by atoms with E-state index >= 15 is 0 Å². The van der Waals surface area contributed by atoms with Gasteiger partial charge in [-0.05, 0) is 12.1 Å². The summed E-state index contributed by atoms with van der Waals surface area (Å²) in [6.45, 7) is 0.309. The van der Waals surface area contributed by atoms with E-state index in [9.17, 15) is 0 Å². The molecule has 0 saturated heterocycles. The van der Waals surface area contributed by atoms with E-state index in [0.29, 0.717) is 6.61 Å². The lowest BCUT2D eigenvalue weighted by atomic mass is 10.3. The first-order valence-electron chi connectivity index (χ1n) is 3.80. The number of benzene rings is 1. The Morgan fingerprint density at radius 1 is 1.08 bits per heavy atom. The first-order chi connectivity index (χ1) is 6.20. The van der Waals surface area contributed by atoms with Crippen molar-refractivity contribution in [1.29, 1.82) is 0 Å². The first kappa shape index (κ1) is 11.0. The zero-order chi connectivity index (χ0) is 9.68. The van der Waals surface area contributed by atoms with Gasteiger partial charge in [-0.3, -0.25) is 0 Å². The molecule has 0 fully saturated rings. The summed E-state index contributed by atoms with van der Waals surface area (Å²) in [4.78, 5) is -0.606. The second kappa shape index (κ2) is 5.58. The summed E-state index contributed by atoms with van der Waals surface area (Å²) in [5, 5.41) is -0.386. The molecule has 72 valence electrons. The lowest BCUT2D eigenvalue weighted by Gasteiger charge is -2.11. The van der Waals surface area contributed by atoms with Crippen molar-refractivity contribution < 1.29 is 4.74 Å². The molecule has 1 aromatic carbocycles. The normalized spacial score (nSPS) is 12.9. The van der Waals surface area contributed by atoms with E-state index < -0.39 is 4.84 Å². The first-order valence-corrected chi connectivity index (χ1v) is 5.11. The van der Waals surface area contributed by atoms with Crippen LogP contribution in [-0.2, 0) is 0 Å². The highest BCUT2D eigenvalue weighted by Gasteiger charge is 2.13. The average Bonchev–Trinajstić information content (AvgIpc) is 2.15. The number of hydrogen-bond acceptors (Lipinski definition) is 1. The van der Waals surface area contributed by atoms with Crippen molar-refractivity contribution in [3.63, 3.8) is 0 Å². The van der Waals surface area contributed by atoms with E-state index in [0.717, 1.165) is 5.75 Å². The van der Waals surface area contributed by atoms with Crippen molar-refractivity contribution in [3.8, 4) is 5.75 Å². The van der Waals surface area contributed by atoms with Gasteiger partial charge in [-0.25, -0.2) is 0 Å². The number of para-hydroxylation sites is 1. The smallest absolute Gasteiger partial charge is 0.127 e. The van der Waals surface area contributed by atoms with Gasteiger partial charge in [0.25, 0.3) is 0 Å². The minimum absolute atomic E-state index is 0.309. The molecule has 1 nitrogen and oxygen atoms in total. The van der Waals surface area contributed by atoms with Crippen LogP contribution in [0.5, 0.6) is 5.75 Å². The Hall–Kier alpha value is -0.110. The van der Waals surface area contributed by atoms with E-state index in [4.69, 9.17) is 39.5 Å². The lowest BCUT2D eigenvalue weighted by Crippen LogP contribution is -2.18. The third kappa shape index (κ3) is 4.08. The van der Waals surface area contributed by atoms with Gasteiger partial charge in [-0.2, -0.15) is 0 Å². The summed E-state index contributed by atoms with van der Waals surface area (Å²) < 4.78 is 5.33. The summed E-state index contributed by atoms with van der Waals surface area (Å²) >= 11 is 16.9. The number of alkyl halides is 3. The maximum Gasteiger partial charge on any atom is 0.127 e. The van der Waals surface area contributed by atoms with E-state index in [-0.39, 0.29) is 5.38 Å². The molecule has 0 saturated carbocycles. The Labute approximate surface area is 92.5 Å². The third-order valence-corrected chi connectivity index (χ3v) is 2.67. The molecule has 1 aromatic rings. The molecule has 0 heterocycles. The quantitative estimate of drug-likeness (QED) is 0.731. The Bertz CT molecular complexity index is 238. The maximum atomic E-state index is 5.78. The van der Waals surface area contributed by atoms with Crippen LogP contribution in [0.15, 0.2) is 30.3 Å². The van der Waals surface area contributed by atoms with Crippen LogP contribution in [0, 0.1) is 0 Å². The Kier molecular flexibility index (Phi) is 4.71. The van der Waals surface area contributed by atoms with E-state index in [2.05, 4.69) is 0 Å². The zero-order valence-corrected chi connectivity index (χ0v) is 9.06. The van der Waals surface area contributed by atoms with Crippen LogP contribution in [-0.4, -0.2) is 16.8 Å². The standard InChI is InChI=1S/C9H9Cl3O/c10-8(9(11)12)6-13-7-4-2-1-3-5-7/h1-5,8-9H,6H2. The van der Waals surface area contributed by atoms with Gasteiger partial charge in [0, 0.05) is 0 Å². The van der Waals surface area contributed by atoms with Crippen LogP contribution < -0.4 is 4.74 Å². The molecule has 13 heavy (non-hydrogen) atoms. The Morgan fingerprint density at radius 3 is 2.23 bits per heavy atom. The molecular weight excluding hydrogens is 230 g/mol. The largest absolute Gasteiger partial charge is 0.492 e. The predicted molar refractivity (Wildman–Crippen MR) is 57.1 cm³/mol. The number of halogens is 3. The highest BCUT2D eigenvalue weighted by molar-refractivity contribution is 6.48. The van der Waals surface area contributed by atoms with E-state index in [1.54, 1.807) is 0 Å². The van der Waals surface area contributed by atoms with Gasteiger partial charge >= 0.3 is 0 Å². The summed E-state index contributed by atoms with van der Waals surface area (Å²) in [5.41, 5.74) is 0. The highest BCUT2D eigenvalue weighted by atomic mass is 35.5. The van der Waals surface area contributed by atoms with Gasteiger partial charge < -0.3 is 4.74 Å². The number of ether oxygens (including phenoxy) is 1. The topological polar surface area (TPSA) is 9.23 Å². The van der Waals surface area contributed by atoms with E-state index in [1.165, 1.54) is 0 Å². The molecule has 0 aliphatic carbocycles. The van der Waals surface area contributed by atoms with Crippen LogP contribution in [0.3, 0.4) is 0 Å². The van der Waals surface area contributed by atoms with Crippen molar-refractivity contribution in [1.82, 2.24) is 0 Å². The fraction of sp³-hybridized carbons (Fsp3) is 0.333. The van der Waals surface area contributed by atoms with Crippen LogP contribution in [0.4, 0.5) is 0 Å². The molecular formula is C9H9Cl3O. The van der Waals surface area contributed by atoms with E-state index in [1.807, 2.05) is 30.3 Å². The second-order valence-electron chi connectivity index (χ2n) is 2.47. The molecule has 0 radical (unpaired) electrons. The SMILES string of the molecule is ClC(Cl)C(Cl)COc1ccccc1. The monoisotopic (exact) mass is 238 g/mol. The maximum absolute atomic E-state index is 5.78. The van der Waals surface area contributed by atoms with Gasteiger partial charge in [0.15, 0.2) is 0 Å². The van der Waals surface area contributed by atoms with Crippen molar-refractivity contribution >= 4 is 34.8 Å². The van der Waals surface area contributed by atoms with Crippen molar-refractivity contribution in [2.45, 2.75) is 10.2 Å². The molecule has 4 heteroatoms. The molecule has 0 aliphatic heterocycles.